The number of ether oxygens (including phenoxy) is 1. The van der Waals surface area contributed by atoms with Gasteiger partial charge in [0.2, 0.25) is 0 Å². The summed E-state index contributed by atoms with van der Waals surface area (Å²) in [5, 5.41) is 3.15. The Morgan fingerprint density at radius 3 is 2.24 bits per heavy atom. The summed E-state index contributed by atoms with van der Waals surface area (Å²) in [5.41, 5.74) is 0. The molecule has 0 aromatic rings. The van der Waals surface area contributed by atoms with Gasteiger partial charge >= 0.3 is 6.18 Å². The Bertz CT molecular complexity index is 185. The molecule has 5 heteroatoms. The maximum Gasteiger partial charge on any atom is 0.389 e. The van der Waals surface area contributed by atoms with Gasteiger partial charge in [-0.05, 0) is 32.7 Å². The minimum Gasteiger partial charge on any atom is -0.377 e. The smallest absolute Gasteiger partial charge is 0.377 e. The third kappa shape index (κ3) is 8.44. The average molecular weight is 255 g/mol. The summed E-state index contributed by atoms with van der Waals surface area (Å²) in [6, 6.07) is -0.207. The van der Waals surface area contributed by atoms with Crippen molar-refractivity contribution < 1.29 is 17.9 Å². The molecule has 2 atom stereocenters. The zero-order valence-electron chi connectivity index (χ0n) is 10.9. The van der Waals surface area contributed by atoms with Gasteiger partial charge in [0, 0.05) is 19.1 Å². The molecule has 0 radical (unpaired) electrons. The van der Waals surface area contributed by atoms with Gasteiger partial charge in [0.1, 0.15) is 0 Å². The topological polar surface area (TPSA) is 21.3 Å². The average Bonchev–Trinajstić information content (AvgIpc) is 2.25. The van der Waals surface area contributed by atoms with Crippen molar-refractivity contribution in [1.29, 1.82) is 0 Å². The Balaban J connectivity index is 4.28. The molecule has 0 saturated carbocycles. The van der Waals surface area contributed by atoms with Gasteiger partial charge in [0.25, 0.3) is 0 Å². The molecule has 0 aliphatic rings. The molecular weight excluding hydrogens is 231 g/mol. The van der Waals surface area contributed by atoms with E-state index >= 15 is 0 Å². The fraction of sp³-hybridized carbons (Fsp3) is 1.00. The molecule has 17 heavy (non-hydrogen) atoms. The number of hydrogen-bond acceptors (Lipinski definition) is 2. The first kappa shape index (κ1) is 16.7. The molecule has 0 bridgehead atoms. The van der Waals surface area contributed by atoms with Crippen LogP contribution in [0.3, 0.4) is 0 Å². The van der Waals surface area contributed by atoms with Crippen LogP contribution in [0.1, 0.15) is 46.5 Å². The summed E-state index contributed by atoms with van der Waals surface area (Å²) in [4.78, 5) is 0. The summed E-state index contributed by atoms with van der Waals surface area (Å²) in [5.74, 6) is 0. The van der Waals surface area contributed by atoms with Gasteiger partial charge in [-0.2, -0.15) is 13.2 Å². The summed E-state index contributed by atoms with van der Waals surface area (Å²) in [7, 11) is 0. The number of hydrogen-bond donors (Lipinski definition) is 1. The lowest BCUT2D eigenvalue weighted by atomic mass is 10.0. The molecule has 0 aromatic carbocycles. The molecule has 104 valence electrons. The van der Waals surface area contributed by atoms with Crippen molar-refractivity contribution >= 4 is 0 Å². The van der Waals surface area contributed by atoms with E-state index < -0.39 is 12.6 Å². The van der Waals surface area contributed by atoms with Gasteiger partial charge in [-0.3, -0.25) is 0 Å². The van der Waals surface area contributed by atoms with Gasteiger partial charge < -0.3 is 10.1 Å². The second-order valence-electron chi connectivity index (χ2n) is 4.12. The second-order valence-corrected chi connectivity index (χ2v) is 4.12. The molecule has 0 saturated heterocycles. The summed E-state index contributed by atoms with van der Waals surface area (Å²) >= 11 is 0. The summed E-state index contributed by atoms with van der Waals surface area (Å²) in [6.07, 6.45) is -3.25. The molecule has 0 aliphatic heterocycles. The maximum absolute atomic E-state index is 12.2. The van der Waals surface area contributed by atoms with Crippen LogP contribution in [-0.2, 0) is 4.74 Å². The van der Waals surface area contributed by atoms with Crippen molar-refractivity contribution in [3.63, 3.8) is 0 Å². The monoisotopic (exact) mass is 255 g/mol. The highest BCUT2D eigenvalue weighted by Crippen LogP contribution is 2.24. The molecule has 0 fully saturated rings. The van der Waals surface area contributed by atoms with E-state index in [9.17, 15) is 13.2 Å². The minimum absolute atomic E-state index is 0.0853. The van der Waals surface area contributed by atoms with E-state index in [0.29, 0.717) is 6.61 Å². The van der Waals surface area contributed by atoms with Crippen LogP contribution in [0.5, 0.6) is 0 Å². The van der Waals surface area contributed by atoms with Crippen LogP contribution in [-0.4, -0.2) is 31.5 Å². The molecule has 2 nitrogen and oxygen atoms in total. The predicted molar refractivity (Wildman–Crippen MR) is 63.1 cm³/mol. The van der Waals surface area contributed by atoms with E-state index in [1.165, 1.54) is 0 Å². The Kier molecular flexibility index (Phi) is 8.60. The third-order valence-corrected chi connectivity index (χ3v) is 2.63. The largest absolute Gasteiger partial charge is 0.389 e. The highest BCUT2D eigenvalue weighted by molar-refractivity contribution is 4.77. The van der Waals surface area contributed by atoms with Crippen molar-refractivity contribution in [2.45, 2.75) is 64.8 Å². The lowest BCUT2D eigenvalue weighted by molar-refractivity contribution is -0.138. The van der Waals surface area contributed by atoms with Crippen LogP contribution >= 0.6 is 0 Å². The first-order valence-corrected chi connectivity index (χ1v) is 6.36. The van der Waals surface area contributed by atoms with Gasteiger partial charge in [-0.1, -0.05) is 13.8 Å². The van der Waals surface area contributed by atoms with Crippen molar-refractivity contribution in [2.75, 3.05) is 13.2 Å². The highest BCUT2D eigenvalue weighted by Gasteiger charge is 2.30. The van der Waals surface area contributed by atoms with E-state index in [1.54, 1.807) is 0 Å². The molecule has 0 heterocycles. The number of alkyl halides is 3. The Labute approximate surface area is 102 Å². The van der Waals surface area contributed by atoms with Crippen molar-refractivity contribution in [3.8, 4) is 0 Å². The van der Waals surface area contributed by atoms with Crippen molar-refractivity contribution in [1.82, 2.24) is 5.32 Å². The SMILES string of the molecule is CCCNC(CCC(F)(F)F)C(CC)OCC. The zero-order valence-corrected chi connectivity index (χ0v) is 10.9. The molecule has 0 rings (SSSR count). The summed E-state index contributed by atoms with van der Waals surface area (Å²) < 4.78 is 42.2. The molecule has 0 spiro atoms. The zero-order chi connectivity index (χ0) is 13.3. The maximum atomic E-state index is 12.2. The lowest BCUT2D eigenvalue weighted by Gasteiger charge is -2.27. The van der Waals surface area contributed by atoms with Crippen LogP contribution in [0.4, 0.5) is 13.2 Å². The van der Waals surface area contributed by atoms with E-state index in [-0.39, 0.29) is 18.6 Å². The molecule has 0 aliphatic carbocycles. The van der Waals surface area contributed by atoms with Gasteiger partial charge in [0.05, 0.1) is 6.10 Å². The van der Waals surface area contributed by atoms with Crippen LogP contribution in [0.25, 0.3) is 0 Å². The van der Waals surface area contributed by atoms with Crippen LogP contribution in [0.15, 0.2) is 0 Å². The van der Waals surface area contributed by atoms with Crippen molar-refractivity contribution in [2.24, 2.45) is 0 Å². The molecular formula is C12H24F3NO. The van der Waals surface area contributed by atoms with E-state index in [2.05, 4.69) is 5.32 Å². The highest BCUT2D eigenvalue weighted by atomic mass is 19.4. The molecule has 0 aromatic heterocycles. The standard InChI is InChI=1S/C12H24F3NO/c1-4-9-16-10(7-8-12(13,14)15)11(5-2)17-6-3/h10-11,16H,4-9H2,1-3H3. The van der Waals surface area contributed by atoms with E-state index in [1.807, 2.05) is 20.8 Å². The second kappa shape index (κ2) is 8.75. The fourth-order valence-electron chi connectivity index (χ4n) is 1.80. The summed E-state index contributed by atoms with van der Waals surface area (Å²) in [6.45, 7) is 7.06. The molecule has 2 unspecified atom stereocenters. The quantitative estimate of drug-likeness (QED) is 0.680. The first-order chi connectivity index (χ1) is 7.94. The number of rotatable bonds is 9. The Morgan fingerprint density at radius 2 is 1.82 bits per heavy atom. The predicted octanol–water partition coefficient (Wildman–Crippen LogP) is 3.51. The van der Waals surface area contributed by atoms with Crippen LogP contribution in [0, 0.1) is 0 Å². The number of nitrogens with one attached hydrogen (secondary N) is 1. The fourth-order valence-corrected chi connectivity index (χ4v) is 1.80. The van der Waals surface area contributed by atoms with Crippen molar-refractivity contribution in [3.05, 3.63) is 0 Å². The van der Waals surface area contributed by atoms with Gasteiger partial charge in [-0.25, -0.2) is 0 Å². The lowest BCUT2D eigenvalue weighted by Crippen LogP contribution is -2.42. The third-order valence-electron chi connectivity index (χ3n) is 2.63. The molecule has 1 N–H and O–H groups in total. The minimum atomic E-state index is -4.09. The van der Waals surface area contributed by atoms with Crippen LogP contribution in [0.2, 0.25) is 0 Å². The van der Waals surface area contributed by atoms with Gasteiger partial charge in [0.15, 0.2) is 0 Å². The molecule has 0 amide bonds. The van der Waals surface area contributed by atoms with Crippen LogP contribution < -0.4 is 5.32 Å². The normalized spacial score (nSPS) is 15.9. The Hall–Kier alpha value is -0.290. The van der Waals surface area contributed by atoms with E-state index in [4.69, 9.17) is 4.74 Å². The first-order valence-electron chi connectivity index (χ1n) is 6.36. The Morgan fingerprint density at radius 1 is 1.18 bits per heavy atom. The van der Waals surface area contributed by atoms with Gasteiger partial charge in [-0.15, -0.1) is 0 Å². The number of halogens is 3. The van der Waals surface area contributed by atoms with E-state index in [0.717, 1.165) is 19.4 Å².